The molecule has 1 heterocycles. The van der Waals surface area contributed by atoms with E-state index in [0.717, 1.165) is 29.4 Å². The van der Waals surface area contributed by atoms with Crippen LogP contribution in [0.15, 0.2) is 78.5 Å². The first-order valence-electron chi connectivity index (χ1n) is 10.2. The Balaban J connectivity index is 1.70. The van der Waals surface area contributed by atoms with Crippen LogP contribution in [-0.4, -0.2) is 54.8 Å². The van der Waals surface area contributed by atoms with E-state index < -0.39 is 0 Å². The molecule has 5 heteroatoms. The van der Waals surface area contributed by atoms with Gasteiger partial charge in [0, 0.05) is 31.7 Å². The third kappa shape index (κ3) is 4.42. The second-order valence-corrected chi connectivity index (χ2v) is 7.54. The zero-order valence-corrected chi connectivity index (χ0v) is 17.0. The van der Waals surface area contributed by atoms with Crippen molar-refractivity contribution in [3.63, 3.8) is 0 Å². The number of rotatable bonds is 4. The SMILES string of the molecule is CN1CCN(C(=O)C(=Cc2cccc3ccccc23)NC(=O)c2ccccc2)CC1. The molecule has 30 heavy (non-hydrogen) atoms. The van der Waals surface area contributed by atoms with E-state index in [1.165, 1.54) is 0 Å². The molecule has 0 aromatic heterocycles. The summed E-state index contributed by atoms with van der Waals surface area (Å²) in [6.07, 6.45) is 1.80. The predicted octanol–water partition coefficient (Wildman–Crippen LogP) is 3.38. The van der Waals surface area contributed by atoms with Crippen molar-refractivity contribution < 1.29 is 9.59 Å². The van der Waals surface area contributed by atoms with Gasteiger partial charge in [0.1, 0.15) is 5.70 Å². The highest BCUT2D eigenvalue weighted by molar-refractivity contribution is 6.06. The molecule has 0 saturated carbocycles. The van der Waals surface area contributed by atoms with Crippen LogP contribution in [0.5, 0.6) is 0 Å². The molecule has 0 radical (unpaired) electrons. The quantitative estimate of drug-likeness (QED) is 0.685. The molecule has 3 aromatic carbocycles. The monoisotopic (exact) mass is 399 g/mol. The first-order valence-corrected chi connectivity index (χ1v) is 10.2. The third-order valence-corrected chi connectivity index (χ3v) is 5.43. The van der Waals surface area contributed by atoms with Crippen molar-refractivity contribution in [2.75, 3.05) is 33.2 Å². The fraction of sp³-hybridized carbons (Fsp3) is 0.200. The lowest BCUT2D eigenvalue weighted by atomic mass is 10.0. The Morgan fingerprint density at radius 3 is 2.27 bits per heavy atom. The number of likely N-dealkylation sites (N-methyl/N-ethyl adjacent to an activating group) is 1. The average Bonchev–Trinajstić information content (AvgIpc) is 2.79. The summed E-state index contributed by atoms with van der Waals surface area (Å²) >= 11 is 0. The summed E-state index contributed by atoms with van der Waals surface area (Å²) in [5, 5.41) is 5.00. The Labute approximate surface area is 176 Å². The summed E-state index contributed by atoms with van der Waals surface area (Å²) in [4.78, 5) is 30.2. The number of piperazine rings is 1. The molecule has 2 amide bonds. The number of benzene rings is 3. The number of nitrogens with one attached hydrogen (secondary N) is 1. The van der Waals surface area contributed by atoms with E-state index in [4.69, 9.17) is 0 Å². The van der Waals surface area contributed by atoms with E-state index in [2.05, 4.69) is 10.2 Å². The van der Waals surface area contributed by atoms with Gasteiger partial charge in [-0.3, -0.25) is 9.59 Å². The van der Waals surface area contributed by atoms with Crippen molar-refractivity contribution in [3.05, 3.63) is 89.6 Å². The summed E-state index contributed by atoms with van der Waals surface area (Å²) in [5.41, 5.74) is 1.72. The first-order chi connectivity index (χ1) is 14.6. The second-order valence-electron chi connectivity index (χ2n) is 7.54. The smallest absolute Gasteiger partial charge is 0.270 e. The summed E-state index contributed by atoms with van der Waals surface area (Å²) in [6.45, 7) is 2.92. The molecular weight excluding hydrogens is 374 g/mol. The van der Waals surface area contributed by atoms with E-state index in [9.17, 15) is 9.59 Å². The Bertz CT molecular complexity index is 1080. The molecule has 0 atom stereocenters. The molecule has 1 fully saturated rings. The van der Waals surface area contributed by atoms with Crippen molar-refractivity contribution in [2.24, 2.45) is 0 Å². The van der Waals surface area contributed by atoms with E-state index in [0.29, 0.717) is 24.4 Å². The molecule has 1 aliphatic rings. The van der Waals surface area contributed by atoms with Gasteiger partial charge in [-0.1, -0.05) is 60.7 Å². The number of nitrogens with zero attached hydrogens (tertiary/aromatic N) is 2. The molecule has 0 unspecified atom stereocenters. The average molecular weight is 399 g/mol. The van der Waals surface area contributed by atoms with Crippen molar-refractivity contribution >= 4 is 28.7 Å². The Morgan fingerprint density at radius 1 is 0.833 bits per heavy atom. The zero-order valence-electron chi connectivity index (χ0n) is 17.0. The fourth-order valence-electron chi connectivity index (χ4n) is 3.65. The molecule has 1 aliphatic heterocycles. The van der Waals surface area contributed by atoms with E-state index in [1.807, 2.05) is 72.6 Å². The predicted molar refractivity (Wildman–Crippen MR) is 120 cm³/mol. The maximum absolute atomic E-state index is 13.3. The van der Waals surface area contributed by atoms with Crippen LogP contribution in [0.25, 0.3) is 16.8 Å². The van der Waals surface area contributed by atoms with Crippen LogP contribution >= 0.6 is 0 Å². The Kier molecular flexibility index (Phi) is 5.91. The standard InChI is InChI=1S/C25H25N3O2/c1-27-14-16-28(17-15-27)25(30)23(26-24(29)20-9-3-2-4-10-20)18-21-12-7-11-19-8-5-6-13-22(19)21/h2-13,18H,14-17H2,1H3,(H,26,29). The maximum Gasteiger partial charge on any atom is 0.270 e. The van der Waals surface area contributed by atoms with Crippen molar-refractivity contribution in [1.29, 1.82) is 0 Å². The second kappa shape index (κ2) is 8.93. The number of carbonyl (C=O) groups excluding carboxylic acids is 2. The van der Waals surface area contributed by atoms with Crippen molar-refractivity contribution in [3.8, 4) is 0 Å². The van der Waals surface area contributed by atoms with Gasteiger partial charge in [0.05, 0.1) is 0 Å². The normalized spacial score (nSPS) is 15.2. The minimum Gasteiger partial charge on any atom is -0.335 e. The lowest BCUT2D eigenvalue weighted by Crippen LogP contribution is -2.49. The molecule has 0 bridgehead atoms. The molecule has 0 aliphatic carbocycles. The highest BCUT2D eigenvalue weighted by Gasteiger charge is 2.24. The maximum atomic E-state index is 13.3. The van der Waals surface area contributed by atoms with Crippen LogP contribution in [0.1, 0.15) is 15.9 Å². The van der Waals surface area contributed by atoms with E-state index in [-0.39, 0.29) is 11.8 Å². The van der Waals surface area contributed by atoms with Crippen LogP contribution in [0.3, 0.4) is 0 Å². The van der Waals surface area contributed by atoms with Gasteiger partial charge in [0.2, 0.25) is 0 Å². The number of hydrogen-bond acceptors (Lipinski definition) is 3. The van der Waals surface area contributed by atoms with Crippen LogP contribution in [0, 0.1) is 0 Å². The van der Waals surface area contributed by atoms with Crippen molar-refractivity contribution in [1.82, 2.24) is 15.1 Å². The Morgan fingerprint density at radius 2 is 1.50 bits per heavy atom. The zero-order chi connectivity index (χ0) is 20.9. The van der Waals surface area contributed by atoms with E-state index >= 15 is 0 Å². The highest BCUT2D eigenvalue weighted by atomic mass is 16.2. The van der Waals surface area contributed by atoms with Crippen molar-refractivity contribution in [2.45, 2.75) is 0 Å². The van der Waals surface area contributed by atoms with Gasteiger partial charge < -0.3 is 15.1 Å². The molecule has 1 N–H and O–H groups in total. The molecular formula is C25H25N3O2. The first kappa shape index (κ1) is 19.9. The Hall–Kier alpha value is -3.44. The largest absolute Gasteiger partial charge is 0.335 e. The summed E-state index contributed by atoms with van der Waals surface area (Å²) in [7, 11) is 2.05. The van der Waals surface area contributed by atoms with Gasteiger partial charge in [-0.25, -0.2) is 0 Å². The van der Waals surface area contributed by atoms with Gasteiger partial charge in [-0.2, -0.15) is 0 Å². The fourth-order valence-corrected chi connectivity index (χ4v) is 3.65. The molecule has 152 valence electrons. The van der Waals surface area contributed by atoms with E-state index in [1.54, 1.807) is 18.2 Å². The molecule has 0 spiro atoms. The molecule has 5 nitrogen and oxygen atoms in total. The van der Waals surface area contributed by atoms with Gasteiger partial charge in [0.15, 0.2) is 0 Å². The van der Waals surface area contributed by atoms with Gasteiger partial charge in [-0.05, 0) is 41.6 Å². The van der Waals surface area contributed by atoms with Crippen LogP contribution < -0.4 is 5.32 Å². The molecule has 1 saturated heterocycles. The number of amides is 2. The lowest BCUT2D eigenvalue weighted by Gasteiger charge is -2.33. The van der Waals surface area contributed by atoms with Crippen LogP contribution in [0.2, 0.25) is 0 Å². The third-order valence-electron chi connectivity index (χ3n) is 5.43. The number of carbonyl (C=O) groups is 2. The van der Waals surface area contributed by atoms with Gasteiger partial charge in [0.25, 0.3) is 11.8 Å². The van der Waals surface area contributed by atoms with Crippen LogP contribution in [0.4, 0.5) is 0 Å². The molecule has 3 aromatic rings. The summed E-state index contributed by atoms with van der Waals surface area (Å²) in [5.74, 6) is -0.440. The lowest BCUT2D eigenvalue weighted by molar-refractivity contribution is -0.128. The summed E-state index contributed by atoms with van der Waals surface area (Å²) < 4.78 is 0. The minimum atomic E-state index is -0.287. The minimum absolute atomic E-state index is 0.152. The summed E-state index contributed by atoms with van der Waals surface area (Å²) in [6, 6.07) is 23.0. The number of hydrogen-bond donors (Lipinski definition) is 1. The van der Waals surface area contributed by atoms with Gasteiger partial charge in [-0.15, -0.1) is 0 Å². The molecule has 4 rings (SSSR count). The topological polar surface area (TPSA) is 52.6 Å². The van der Waals surface area contributed by atoms with Gasteiger partial charge >= 0.3 is 0 Å². The highest BCUT2D eigenvalue weighted by Crippen LogP contribution is 2.21. The number of fused-ring (bicyclic) bond motifs is 1. The van der Waals surface area contributed by atoms with Crippen LogP contribution in [-0.2, 0) is 4.79 Å².